The first kappa shape index (κ1) is 23.7. The van der Waals surface area contributed by atoms with E-state index in [4.69, 9.17) is 0 Å². The summed E-state index contributed by atoms with van der Waals surface area (Å²) < 4.78 is 0. The van der Waals surface area contributed by atoms with Gasteiger partial charge in [-0.2, -0.15) is 0 Å². The second-order valence-electron chi connectivity index (χ2n) is 11.3. The second-order valence-corrected chi connectivity index (χ2v) is 11.3. The van der Waals surface area contributed by atoms with Gasteiger partial charge < -0.3 is 0 Å². The van der Waals surface area contributed by atoms with Crippen LogP contribution in [0, 0.1) is 0 Å². The number of benzene rings is 6. The van der Waals surface area contributed by atoms with Crippen LogP contribution in [0.15, 0.2) is 128 Å². The fourth-order valence-corrected chi connectivity index (χ4v) is 6.77. The van der Waals surface area contributed by atoms with E-state index >= 15 is 0 Å². The summed E-state index contributed by atoms with van der Waals surface area (Å²) in [7, 11) is 0. The number of nitrogens with zero attached hydrogens (tertiary/aromatic N) is 3. The van der Waals surface area contributed by atoms with Crippen molar-refractivity contribution in [1.82, 2.24) is 15.0 Å². The molecule has 3 heteroatoms. The third-order valence-corrected chi connectivity index (χ3v) is 8.72. The maximum Gasteiger partial charge on any atom is 0.163 e. The SMILES string of the molecule is CC1(C)c2ccccc2-c2ccc(-c3c4ccccc4c(-c4ncncn4)c4ccc(-c5ccccc5)cc34)cc21. The van der Waals surface area contributed by atoms with Crippen LogP contribution in [0.1, 0.15) is 25.0 Å². The van der Waals surface area contributed by atoms with Crippen LogP contribution in [-0.4, -0.2) is 15.0 Å². The van der Waals surface area contributed by atoms with Crippen LogP contribution in [0.3, 0.4) is 0 Å². The normalized spacial score (nSPS) is 13.3. The Balaban J connectivity index is 1.48. The third kappa shape index (κ3) is 3.56. The maximum atomic E-state index is 4.60. The summed E-state index contributed by atoms with van der Waals surface area (Å²) in [5.41, 5.74) is 11.2. The van der Waals surface area contributed by atoms with Crippen LogP contribution in [0.25, 0.3) is 66.3 Å². The first-order valence-electron chi connectivity index (χ1n) is 14.0. The Morgan fingerprint density at radius 3 is 1.90 bits per heavy atom. The maximum absolute atomic E-state index is 4.60. The predicted octanol–water partition coefficient (Wildman–Crippen LogP) is 9.49. The van der Waals surface area contributed by atoms with Gasteiger partial charge in [-0.15, -0.1) is 0 Å². The standard InChI is InChI=1S/C38H27N3/c1-38(2)33-15-9-8-12-27(33)28-18-17-26(21-34(28)38)35-29-13-6-7-14-30(29)36(37-40-22-39-23-41-37)31-19-16-25(20-32(31)35)24-10-4-3-5-11-24/h3-23H,1-2H3. The molecule has 3 nitrogen and oxygen atoms in total. The molecule has 0 aliphatic heterocycles. The molecule has 41 heavy (non-hydrogen) atoms. The number of hydrogen-bond acceptors (Lipinski definition) is 3. The molecule has 0 spiro atoms. The lowest BCUT2D eigenvalue weighted by Gasteiger charge is -2.23. The summed E-state index contributed by atoms with van der Waals surface area (Å²) >= 11 is 0. The first-order chi connectivity index (χ1) is 20.1. The number of rotatable bonds is 3. The molecular weight excluding hydrogens is 498 g/mol. The molecule has 6 aromatic carbocycles. The molecule has 1 aliphatic carbocycles. The van der Waals surface area contributed by atoms with Gasteiger partial charge in [-0.1, -0.05) is 117 Å². The van der Waals surface area contributed by atoms with Gasteiger partial charge in [0.2, 0.25) is 0 Å². The Morgan fingerprint density at radius 1 is 0.463 bits per heavy atom. The van der Waals surface area contributed by atoms with E-state index in [1.807, 2.05) is 0 Å². The molecule has 1 aromatic heterocycles. The van der Waals surface area contributed by atoms with Crippen molar-refractivity contribution >= 4 is 21.5 Å². The van der Waals surface area contributed by atoms with Gasteiger partial charge in [-0.25, -0.2) is 15.0 Å². The molecule has 0 unspecified atom stereocenters. The minimum absolute atomic E-state index is 0.0758. The van der Waals surface area contributed by atoms with Crippen molar-refractivity contribution in [3.63, 3.8) is 0 Å². The molecule has 0 bridgehead atoms. The van der Waals surface area contributed by atoms with E-state index in [2.05, 4.69) is 144 Å². The van der Waals surface area contributed by atoms with Crippen LogP contribution >= 0.6 is 0 Å². The van der Waals surface area contributed by atoms with E-state index in [0.717, 1.165) is 16.3 Å². The molecular formula is C38H27N3. The van der Waals surface area contributed by atoms with Crippen LogP contribution in [0.2, 0.25) is 0 Å². The van der Waals surface area contributed by atoms with E-state index in [1.165, 1.54) is 55.3 Å². The third-order valence-electron chi connectivity index (χ3n) is 8.72. The van der Waals surface area contributed by atoms with Crippen molar-refractivity contribution in [2.75, 3.05) is 0 Å². The Hall–Kier alpha value is -5.15. The van der Waals surface area contributed by atoms with Crippen molar-refractivity contribution < 1.29 is 0 Å². The van der Waals surface area contributed by atoms with Crippen molar-refractivity contribution in [2.24, 2.45) is 0 Å². The summed E-state index contributed by atoms with van der Waals surface area (Å²) in [6.07, 6.45) is 3.16. The van der Waals surface area contributed by atoms with Gasteiger partial charge in [0.05, 0.1) is 0 Å². The van der Waals surface area contributed by atoms with E-state index in [9.17, 15) is 0 Å². The second kappa shape index (κ2) is 8.94. The highest BCUT2D eigenvalue weighted by atomic mass is 15.0. The highest BCUT2D eigenvalue weighted by Gasteiger charge is 2.35. The fourth-order valence-electron chi connectivity index (χ4n) is 6.77. The minimum atomic E-state index is -0.0758. The van der Waals surface area contributed by atoms with Gasteiger partial charge in [-0.3, -0.25) is 0 Å². The molecule has 0 saturated heterocycles. The van der Waals surface area contributed by atoms with Gasteiger partial charge in [0, 0.05) is 11.0 Å². The van der Waals surface area contributed by atoms with Crippen molar-refractivity contribution in [2.45, 2.75) is 19.3 Å². The highest BCUT2D eigenvalue weighted by Crippen LogP contribution is 2.51. The molecule has 0 saturated carbocycles. The molecule has 0 amide bonds. The lowest BCUT2D eigenvalue weighted by molar-refractivity contribution is 0.660. The van der Waals surface area contributed by atoms with E-state index in [-0.39, 0.29) is 5.41 Å². The molecule has 194 valence electrons. The summed E-state index contributed by atoms with van der Waals surface area (Å²) in [4.78, 5) is 13.3. The van der Waals surface area contributed by atoms with Crippen molar-refractivity contribution in [3.8, 4) is 44.8 Å². The molecule has 0 fully saturated rings. The summed E-state index contributed by atoms with van der Waals surface area (Å²) in [6.45, 7) is 4.68. The monoisotopic (exact) mass is 525 g/mol. The zero-order chi connectivity index (χ0) is 27.6. The summed E-state index contributed by atoms with van der Waals surface area (Å²) in [6, 6.07) is 41.9. The molecule has 1 heterocycles. The molecule has 7 aromatic rings. The van der Waals surface area contributed by atoms with E-state index in [0.29, 0.717) is 5.82 Å². The number of aromatic nitrogens is 3. The average Bonchev–Trinajstić information content (AvgIpc) is 3.26. The van der Waals surface area contributed by atoms with Crippen molar-refractivity contribution in [1.29, 1.82) is 0 Å². The molecule has 1 aliphatic rings. The van der Waals surface area contributed by atoms with Gasteiger partial charge in [-0.05, 0) is 78.2 Å². The van der Waals surface area contributed by atoms with Crippen LogP contribution in [0.4, 0.5) is 0 Å². The lowest BCUT2D eigenvalue weighted by atomic mass is 9.80. The zero-order valence-corrected chi connectivity index (χ0v) is 23.0. The topological polar surface area (TPSA) is 38.7 Å². The lowest BCUT2D eigenvalue weighted by Crippen LogP contribution is -2.14. The minimum Gasteiger partial charge on any atom is -0.225 e. The molecule has 0 atom stereocenters. The zero-order valence-electron chi connectivity index (χ0n) is 23.0. The quantitative estimate of drug-likeness (QED) is 0.216. The van der Waals surface area contributed by atoms with Crippen molar-refractivity contribution in [3.05, 3.63) is 139 Å². The predicted molar refractivity (Wildman–Crippen MR) is 169 cm³/mol. The Labute approximate surface area is 239 Å². The highest BCUT2D eigenvalue weighted by molar-refractivity contribution is 6.21. The van der Waals surface area contributed by atoms with Gasteiger partial charge in [0.15, 0.2) is 5.82 Å². The van der Waals surface area contributed by atoms with Gasteiger partial charge >= 0.3 is 0 Å². The van der Waals surface area contributed by atoms with Gasteiger partial charge in [0.1, 0.15) is 12.7 Å². The van der Waals surface area contributed by atoms with E-state index < -0.39 is 0 Å². The number of fused-ring (bicyclic) bond motifs is 5. The smallest absolute Gasteiger partial charge is 0.163 e. The number of hydrogen-bond donors (Lipinski definition) is 0. The molecule has 0 radical (unpaired) electrons. The summed E-state index contributed by atoms with van der Waals surface area (Å²) in [5.74, 6) is 0.686. The average molecular weight is 526 g/mol. The fraction of sp³-hybridized carbons (Fsp3) is 0.0789. The van der Waals surface area contributed by atoms with Crippen LogP contribution < -0.4 is 0 Å². The van der Waals surface area contributed by atoms with Crippen LogP contribution in [-0.2, 0) is 5.41 Å². The van der Waals surface area contributed by atoms with Crippen LogP contribution in [0.5, 0.6) is 0 Å². The van der Waals surface area contributed by atoms with Gasteiger partial charge in [0.25, 0.3) is 0 Å². The first-order valence-corrected chi connectivity index (χ1v) is 14.0. The Kier molecular flexibility index (Phi) is 5.17. The Bertz CT molecular complexity index is 2110. The Morgan fingerprint density at radius 2 is 1.10 bits per heavy atom. The molecule has 8 rings (SSSR count). The summed E-state index contributed by atoms with van der Waals surface area (Å²) in [5, 5.41) is 4.65. The van der Waals surface area contributed by atoms with E-state index in [1.54, 1.807) is 12.7 Å². The molecule has 0 N–H and O–H groups in total. The largest absolute Gasteiger partial charge is 0.225 e.